The van der Waals surface area contributed by atoms with Crippen LogP contribution in [0.2, 0.25) is 0 Å². The molecule has 1 rings (SSSR count). The predicted molar refractivity (Wildman–Crippen MR) is 66.6 cm³/mol. The van der Waals surface area contributed by atoms with Crippen molar-refractivity contribution >= 4 is 10.8 Å². The van der Waals surface area contributed by atoms with Crippen LogP contribution >= 0.6 is 0 Å². The Morgan fingerprint density at radius 2 is 2.00 bits per heavy atom. The summed E-state index contributed by atoms with van der Waals surface area (Å²) in [4.78, 5) is 0. The molecule has 0 saturated carbocycles. The highest BCUT2D eigenvalue weighted by Crippen LogP contribution is 2.14. The lowest BCUT2D eigenvalue weighted by Crippen LogP contribution is -2.24. The van der Waals surface area contributed by atoms with E-state index < -0.39 is 10.8 Å². The number of hydrogen-bond acceptors (Lipinski definition) is 2. The summed E-state index contributed by atoms with van der Waals surface area (Å²) in [5, 5.41) is 3.24. The maximum absolute atomic E-state index is 12.7. The highest BCUT2D eigenvalue weighted by atomic mass is 32.2. The second-order valence-electron chi connectivity index (χ2n) is 3.93. The summed E-state index contributed by atoms with van der Waals surface area (Å²) < 4.78 is 23.5. The van der Waals surface area contributed by atoms with Crippen molar-refractivity contribution in [1.82, 2.24) is 5.32 Å². The molecule has 2 atom stereocenters. The topological polar surface area (TPSA) is 29.1 Å². The Hall–Kier alpha value is -0.740. The minimum absolute atomic E-state index is 0.203. The van der Waals surface area contributed by atoms with Crippen LogP contribution in [0.15, 0.2) is 24.3 Å². The van der Waals surface area contributed by atoms with Gasteiger partial charge in [0.25, 0.3) is 0 Å². The molecule has 2 unspecified atom stereocenters. The van der Waals surface area contributed by atoms with Gasteiger partial charge in [-0.15, -0.1) is 0 Å². The largest absolute Gasteiger partial charge is 0.315 e. The van der Waals surface area contributed by atoms with E-state index in [9.17, 15) is 8.60 Å². The molecule has 0 bridgehead atoms. The van der Waals surface area contributed by atoms with Gasteiger partial charge in [0.1, 0.15) is 5.82 Å². The zero-order chi connectivity index (χ0) is 12.0. The molecule has 0 heterocycles. The van der Waals surface area contributed by atoms with Crippen LogP contribution in [-0.4, -0.2) is 29.3 Å². The lowest BCUT2D eigenvalue weighted by molar-refractivity contribution is 0.616. The van der Waals surface area contributed by atoms with Gasteiger partial charge >= 0.3 is 0 Å². The maximum atomic E-state index is 12.7. The highest BCUT2D eigenvalue weighted by Gasteiger charge is 2.04. The molecule has 2 nitrogen and oxygen atoms in total. The molecule has 0 aromatic heterocycles. The van der Waals surface area contributed by atoms with Gasteiger partial charge < -0.3 is 5.32 Å². The summed E-state index contributed by atoms with van der Waals surface area (Å²) in [5.74, 6) is 0.812. The van der Waals surface area contributed by atoms with E-state index >= 15 is 0 Å². The molecule has 0 saturated heterocycles. The standard InChI is InChI=1S/C12H18FNOS/c1-10(9-14-7-8-16(2)15)11-3-5-12(13)6-4-11/h3-6,10,14H,7-9H2,1-2H3. The molecular formula is C12H18FNOS. The average molecular weight is 243 g/mol. The van der Waals surface area contributed by atoms with Crippen molar-refractivity contribution in [1.29, 1.82) is 0 Å². The quantitative estimate of drug-likeness (QED) is 0.773. The molecule has 16 heavy (non-hydrogen) atoms. The van der Waals surface area contributed by atoms with Gasteiger partial charge in [0.15, 0.2) is 0 Å². The van der Waals surface area contributed by atoms with Crippen LogP contribution in [-0.2, 0) is 10.8 Å². The van der Waals surface area contributed by atoms with Gasteiger partial charge in [-0.2, -0.15) is 0 Å². The Balaban J connectivity index is 2.32. The number of halogens is 1. The van der Waals surface area contributed by atoms with Gasteiger partial charge in [-0.25, -0.2) is 4.39 Å². The fourth-order valence-corrected chi connectivity index (χ4v) is 1.88. The lowest BCUT2D eigenvalue weighted by atomic mass is 10.0. The molecule has 0 fully saturated rings. The molecule has 1 N–H and O–H groups in total. The number of nitrogens with one attached hydrogen (secondary N) is 1. The number of hydrogen-bond donors (Lipinski definition) is 1. The minimum Gasteiger partial charge on any atom is -0.315 e. The second-order valence-corrected chi connectivity index (χ2v) is 5.49. The molecule has 0 amide bonds. The van der Waals surface area contributed by atoms with Crippen LogP contribution in [0, 0.1) is 5.82 Å². The zero-order valence-corrected chi connectivity index (χ0v) is 10.5. The Kier molecular flexibility index (Phi) is 5.63. The first-order valence-electron chi connectivity index (χ1n) is 5.36. The fraction of sp³-hybridized carbons (Fsp3) is 0.500. The van der Waals surface area contributed by atoms with Crippen molar-refractivity contribution in [3.05, 3.63) is 35.6 Å². The van der Waals surface area contributed by atoms with Crippen LogP contribution in [0.3, 0.4) is 0 Å². The third-order valence-electron chi connectivity index (χ3n) is 2.46. The van der Waals surface area contributed by atoms with Gasteiger partial charge in [-0.1, -0.05) is 19.1 Å². The van der Waals surface area contributed by atoms with Crippen molar-refractivity contribution in [3.63, 3.8) is 0 Å². The van der Waals surface area contributed by atoms with E-state index in [0.717, 1.165) is 18.7 Å². The minimum atomic E-state index is -0.740. The van der Waals surface area contributed by atoms with E-state index in [0.29, 0.717) is 11.7 Å². The van der Waals surface area contributed by atoms with E-state index in [1.54, 1.807) is 18.4 Å². The summed E-state index contributed by atoms with van der Waals surface area (Å²) in [6.45, 7) is 3.67. The monoisotopic (exact) mass is 243 g/mol. The van der Waals surface area contributed by atoms with Crippen molar-refractivity contribution in [2.75, 3.05) is 25.1 Å². The Bertz CT molecular complexity index is 339. The summed E-state index contributed by atoms with van der Waals surface area (Å²) in [5.41, 5.74) is 1.12. The summed E-state index contributed by atoms with van der Waals surface area (Å²) in [7, 11) is -0.740. The van der Waals surface area contributed by atoms with Gasteiger partial charge in [-0.05, 0) is 23.6 Å². The normalized spacial score (nSPS) is 14.7. The Morgan fingerprint density at radius 1 is 1.38 bits per heavy atom. The number of rotatable bonds is 6. The van der Waals surface area contributed by atoms with Crippen LogP contribution in [0.25, 0.3) is 0 Å². The third-order valence-corrected chi connectivity index (χ3v) is 3.23. The first kappa shape index (κ1) is 13.3. The van der Waals surface area contributed by atoms with Crippen LogP contribution in [0.1, 0.15) is 18.4 Å². The zero-order valence-electron chi connectivity index (χ0n) is 9.70. The van der Waals surface area contributed by atoms with Crippen LogP contribution < -0.4 is 5.32 Å². The summed E-state index contributed by atoms with van der Waals surface area (Å²) in [6.07, 6.45) is 1.70. The lowest BCUT2D eigenvalue weighted by Gasteiger charge is -2.12. The summed E-state index contributed by atoms with van der Waals surface area (Å²) in [6, 6.07) is 6.57. The molecule has 4 heteroatoms. The van der Waals surface area contributed by atoms with Crippen molar-refractivity contribution in [2.45, 2.75) is 12.8 Å². The molecule has 0 spiro atoms. The molecule has 0 aliphatic rings. The first-order chi connectivity index (χ1) is 7.59. The first-order valence-corrected chi connectivity index (χ1v) is 7.08. The molecular weight excluding hydrogens is 225 g/mol. The number of benzene rings is 1. The average Bonchev–Trinajstić information content (AvgIpc) is 2.25. The molecule has 1 aromatic carbocycles. The molecule has 1 aromatic rings. The Morgan fingerprint density at radius 3 is 2.56 bits per heavy atom. The van der Waals surface area contributed by atoms with E-state index in [2.05, 4.69) is 12.2 Å². The van der Waals surface area contributed by atoms with Gasteiger partial charge in [0.05, 0.1) is 0 Å². The van der Waals surface area contributed by atoms with Crippen molar-refractivity contribution in [3.8, 4) is 0 Å². The molecule has 0 radical (unpaired) electrons. The van der Waals surface area contributed by atoms with E-state index in [1.165, 1.54) is 12.1 Å². The summed E-state index contributed by atoms with van der Waals surface area (Å²) >= 11 is 0. The highest BCUT2D eigenvalue weighted by molar-refractivity contribution is 7.84. The van der Waals surface area contributed by atoms with Gasteiger partial charge in [-0.3, -0.25) is 4.21 Å². The maximum Gasteiger partial charge on any atom is 0.123 e. The van der Waals surface area contributed by atoms with Gasteiger partial charge in [0, 0.05) is 35.9 Å². The predicted octanol–water partition coefficient (Wildman–Crippen LogP) is 1.90. The van der Waals surface area contributed by atoms with Gasteiger partial charge in [0.2, 0.25) is 0 Å². The van der Waals surface area contributed by atoms with E-state index in [1.807, 2.05) is 0 Å². The molecule has 0 aliphatic carbocycles. The molecule has 90 valence electrons. The van der Waals surface area contributed by atoms with Crippen molar-refractivity contribution < 1.29 is 8.60 Å². The molecule has 0 aliphatic heterocycles. The second kappa shape index (κ2) is 6.76. The fourth-order valence-electron chi connectivity index (χ4n) is 1.44. The van der Waals surface area contributed by atoms with Crippen LogP contribution in [0.5, 0.6) is 0 Å². The third kappa shape index (κ3) is 4.86. The van der Waals surface area contributed by atoms with E-state index in [-0.39, 0.29) is 5.82 Å². The smallest absolute Gasteiger partial charge is 0.123 e. The van der Waals surface area contributed by atoms with E-state index in [4.69, 9.17) is 0 Å². The van der Waals surface area contributed by atoms with Crippen molar-refractivity contribution in [2.24, 2.45) is 0 Å². The van der Waals surface area contributed by atoms with Crippen LogP contribution in [0.4, 0.5) is 4.39 Å². The SMILES string of the molecule is CC(CNCCS(C)=O)c1ccc(F)cc1. The Labute approximate surface area is 98.7 Å².